The predicted molar refractivity (Wildman–Crippen MR) is 89.5 cm³/mol. The average molecular weight is 291 g/mol. The molecule has 1 N–H and O–H groups in total. The van der Waals surface area contributed by atoms with Crippen LogP contribution in [0.4, 0.5) is 0 Å². The number of nitrogens with zero attached hydrogens (tertiary/aromatic N) is 2. The van der Waals surface area contributed by atoms with Crippen molar-refractivity contribution in [1.29, 1.82) is 0 Å². The molecule has 0 aliphatic heterocycles. The molecule has 1 fully saturated rings. The van der Waals surface area contributed by atoms with Crippen molar-refractivity contribution in [3.63, 3.8) is 0 Å². The number of hydrogen-bond donors (Lipinski definition) is 1. The molecule has 3 unspecified atom stereocenters. The van der Waals surface area contributed by atoms with E-state index in [0.717, 1.165) is 43.8 Å². The van der Waals surface area contributed by atoms with Crippen molar-refractivity contribution in [3.05, 3.63) is 18.0 Å². The van der Waals surface area contributed by atoms with Gasteiger partial charge in [-0.15, -0.1) is 0 Å². The van der Waals surface area contributed by atoms with Gasteiger partial charge in [0.05, 0.1) is 6.20 Å². The molecule has 21 heavy (non-hydrogen) atoms. The maximum absolute atomic E-state index is 4.56. The van der Waals surface area contributed by atoms with Gasteiger partial charge in [0, 0.05) is 12.7 Å². The van der Waals surface area contributed by atoms with Gasteiger partial charge in [0.1, 0.15) is 0 Å². The van der Waals surface area contributed by atoms with Crippen LogP contribution in [0, 0.1) is 17.8 Å². The molecule has 1 saturated carbocycles. The smallest absolute Gasteiger partial charge is 0.0524 e. The first kappa shape index (κ1) is 16.5. The lowest BCUT2D eigenvalue weighted by atomic mass is 9.68. The predicted octanol–water partition coefficient (Wildman–Crippen LogP) is 4.06. The van der Waals surface area contributed by atoms with E-state index >= 15 is 0 Å². The Bertz CT molecular complexity index is 410. The number of hydrogen-bond acceptors (Lipinski definition) is 2. The van der Waals surface area contributed by atoms with Gasteiger partial charge >= 0.3 is 0 Å². The summed E-state index contributed by atoms with van der Waals surface area (Å²) in [5, 5.41) is 8.13. The molecular formula is C18H33N3. The lowest BCUT2D eigenvalue weighted by Gasteiger charge is -2.37. The Morgan fingerprint density at radius 1 is 1.33 bits per heavy atom. The fraction of sp³-hybridized carbons (Fsp3) is 0.833. The second kappa shape index (κ2) is 7.98. The minimum absolute atomic E-state index is 0.691. The molecule has 2 rings (SSSR count). The van der Waals surface area contributed by atoms with Gasteiger partial charge in [-0.3, -0.25) is 4.68 Å². The van der Waals surface area contributed by atoms with E-state index in [1.54, 1.807) is 0 Å². The largest absolute Gasteiger partial charge is 0.317 e. The zero-order valence-electron chi connectivity index (χ0n) is 14.3. The molecule has 0 bridgehead atoms. The van der Waals surface area contributed by atoms with E-state index in [1.165, 1.54) is 24.8 Å². The zero-order valence-corrected chi connectivity index (χ0v) is 14.3. The molecule has 0 aromatic carbocycles. The van der Waals surface area contributed by atoms with Crippen LogP contribution in [-0.2, 0) is 6.54 Å². The second-order valence-corrected chi connectivity index (χ2v) is 7.03. The first-order chi connectivity index (χ1) is 10.2. The first-order valence-corrected chi connectivity index (χ1v) is 8.88. The molecule has 1 aliphatic carbocycles. The lowest BCUT2D eigenvalue weighted by molar-refractivity contribution is 0.191. The van der Waals surface area contributed by atoms with Crippen LogP contribution in [0.25, 0.3) is 0 Å². The molecule has 3 atom stereocenters. The first-order valence-electron chi connectivity index (χ1n) is 8.88. The molecule has 1 aromatic heterocycles. The lowest BCUT2D eigenvalue weighted by Crippen LogP contribution is -2.33. The van der Waals surface area contributed by atoms with Crippen LogP contribution >= 0.6 is 0 Å². The summed E-state index contributed by atoms with van der Waals surface area (Å²) < 4.78 is 2.12. The molecule has 0 radical (unpaired) electrons. The highest BCUT2D eigenvalue weighted by molar-refractivity contribution is 5.14. The van der Waals surface area contributed by atoms with Crippen LogP contribution in [0.2, 0.25) is 0 Å². The summed E-state index contributed by atoms with van der Waals surface area (Å²) >= 11 is 0. The van der Waals surface area contributed by atoms with E-state index in [4.69, 9.17) is 0 Å². The molecule has 0 amide bonds. The van der Waals surface area contributed by atoms with E-state index in [2.05, 4.69) is 55.2 Å². The molecule has 3 heteroatoms. The van der Waals surface area contributed by atoms with E-state index in [9.17, 15) is 0 Å². The molecule has 1 aromatic rings. The van der Waals surface area contributed by atoms with Crippen LogP contribution in [0.1, 0.15) is 64.9 Å². The van der Waals surface area contributed by atoms with Crippen LogP contribution in [0.15, 0.2) is 12.4 Å². The van der Waals surface area contributed by atoms with Crippen molar-refractivity contribution < 1.29 is 0 Å². The van der Waals surface area contributed by atoms with E-state index in [-0.39, 0.29) is 0 Å². The van der Waals surface area contributed by atoms with Crippen LogP contribution in [-0.4, -0.2) is 22.9 Å². The molecular weight excluding hydrogens is 258 g/mol. The fourth-order valence-corrected chi connectivity index (χ4v) is 3.78. The minimum Gasteiger partial charge on any atom is -0.317 e. The van der Waals surface area contributed by atoms with E-state index in [0.29, 0.717) is 5.92 Å². The Hall–Kier alpha value is -0.830. The third-order valence-corrected chi connectivity index (χ3v) is 5.17. The molecule has 120 valence electrons. The van der Waals surface area contributed by atoms with Crippen LogP contribution < -0.4 is 5.32 Å². The summed E-state index contributed by atoms with van der Waals surface area (Å²) in [6, 6.07) is 0. The Labute approximate surface area is 130 Å². The van der Waals surface area contributed by atoms with Gasteiger partial charge in [0.2, 0.25) is 0 Å². The minimum atomic E-state index is 0.691. The maximum Gasteiger partial charge on any atom is 0.0524 e. The quantitative estimate of drug-likeness (QED) is 0.821. The second-order valence-electron chi connectivity index (χ2n) is 7.03. The van der Waals surface area contributed by atoms with Gasteiger partial charge in [0.25, 0.3) is 0 Å². The van der Waals surface area contributed by atoms with Gasteiger partial charge < -0.3 is 5.32 Å². The standard InChI is InChI=1S/C18H33N3/c1-5-9-21-13-17(12-20-21)18-10-15(14(3)4)7-8-16(18)11-19-6-2/h12-16,18-19H,5-11H2,1-4H3. The summed E-state index contributed by atoms with van der Waals surface area (Å²) in [4.78, 5) is 0. The van der Waals surface area contributed by atoms with Crippen molar-refractivity contribution in [3.8, 4) is 0 Å². The Balaban J connectivity index is 2.10. The van der Waals surface area contributed by atoms with Crippen LogP contribution in [0.5, 0.6) is 0 Å². The molecule has 1 heterocycles. The summed E-state index contributed by atoms with van der Waals surface area (Å²) in [5.41, 5.74) is 1.47. The van der Waals surface area contributed by atoms with Crippen molar-refractivity contribution in [2.24, 2.45) is 17.8 Å². The normalized spacial score (nSPS) is 26.4. The fourth-order valence-electron chi connectivity index (χ4n) is 3.78. The summed E-state index contributed by atoms with van der Waals surface area (Å²) in [6.07, 6.45) is 9.68. The Morgan fingerprint density at radius 3 is 2.81 bits per heavy atom. The number of nitrogens with one attached hydrogen (secondary N) is 1. The average Bonchev–Trinajstić information content (AvgIpc) is 2.93. The van der Waals surface area contributed by atoms with Gasteiger partial charge in [-0.25, -0.2) is 0 Å². The number of aromatic nitrogens is 2. The number of aryl methyl sites for hydroxylation is 1. The Morgan fingerprint density at radius 2 is 2.14 bits per heavy atom. The zero-order chi connectivity index (χ0) is 15.2. The summed E-state index contributed by atoms with van der Waals surface area (Å²) in [5.74, 6) is 3.15. The van der Waals surface area contributed by atoms with Gasteiger partial charge in [-0.2, -0.15) is 5.10 Å². The Kier molecular flexibility index (Phi) is 6.28. The van der Waals surface area contributed by atoms with Crippen molar-refractivity contribution in [2.75, 3.05) is 13.1 Å². The summed E-state index contributed by atoms with van der Waals surface area (Å²) in [6.45, 7) is 12.5. The van der Waals surface area contributed by atoms with Crippen molar-refractivity contribution in [1.82, 2.24) is 15.1 Å². The topological polar surface area (TPSA) is 29.9 Å². The summed E-state index contributed by atoms with van der Waals surface area (Å²) in [7, 11) is 0. The highest BCUT2D eigenvalue weighted by Crippen LogP contribution is 2.42. The third kappa shape index (κ3) is 4.32. The molecule has 0 spiro atoms. The van der Waals surface area contributed by atoms with Crippen LogP contribution in [0.3, 0.4) is 0 Å². The van der Waals surface area contributed by atoms with Gasteiger partial charge in [-0.05, 0) is 68.0 Å². The maximum atomic E-state index is 4.56. The molecule has 1 aliphatic rings. The van der Waals surface area contributed by atoms with E-state index < -0.39 is 0 Å². The van der Waals surface area contributed by atoms with Gasteiger partial charge in [-0.1, -0.05) is 27.7 Å². The van der Waals surface area contributed by atoms with E-state index in [1.807, 2.05) is 0 Å². The highest BCUT2D eigenvalue weighted by atomic mass is 15.3. The van der Waals surface area contributed by atoms with Gasteiger partial charge in [0.15, 0.2) is 0 Å². The highest BCUT2D eigenvalue weighted by Gasteiger charge is 2.33. The number of rotatable bonds is 7. The third-order valence-electron chi connectivity index (χ3n) is 5.17. The molecule has 0 saturated heterocycles. The molecule has 3 nitrogen and oxygen atoms in total. The van der Waals surface area contributed by atoms with Crippen molar-refractivity contribution >= 4 is 0 Å². The van der Waals surface area contributed by atoms with Crippen molar-refractivity contribution in [2.45, 2.75) is 65.8 Å². The SMILES string of the molecule is CCCn1cc(C2CC(C(C)C)CCC2CNCC)cn1. The monoisotopic (exact) mass is 291 g/mol.